The third-order valence-electron chi connectivity index (χ3n) is 3.48. The van der Waals surface area contributed by atoms with E-state index in [1.54, 1.807) is 21.0 Å². The predicted octanol–water partition coefficient (Wildman–Crippen LogP) is -0.612. The van der Waals surface area contributed by atoms with Crippen LogP contribution in [0.2, 0.25) is 0 Å². The molecular formula is C13H24N2O5. The lowest BCUT2D eigenvalue weighted by atomic mass is 9.84. The summed E-state index contributed by atoms with van der Waals surface area (Å²) in [5.74, 6) is -0.638. The molecule has 0 aliphatic carbocycles. The van der Waals surface area contributed by atoms with E-state index in [0.29, 0.717) is 19.8 Å². The van der Waals surface area contributed by atoms with Crippen LogP contribution in [0, 0.1) is 5.41 Å². The zero-order valence-electron chi connectivity index (χ0n) is 12.4. The smallest absolute Gasteiger partial charge is 0.325 e. The van der Waals surface area contributed by atoms with Gasteiger partial charge in [-0.1, -0.05) is 0 Å². The van der Waals surface area contributed by atoms with Gasteiger partial charge in [0.15, 0.2) is 0 Å². The lowest BCUT2D eigenvalue weighted by Gasteiger charge is -2.32. The molecule has 1 aliphatic heterocycles. The maximum Gasteiger partial charge on any atom is 0.325 e. The van der Waals surface area contributed by atoms with Crippen LogP contribution in [0.3, 0.4) is 0 Å². The van der Waals surface area contributed by atoms with Gasteiger partial charge in [-0.05, 0) is 13.8 Å². The molecule has 1 amide bonds. The van der Waals surface area contributed by atoms with Crippen LogP contribution in [0.15, 0.2) is 0 Å². The van der Waals surface area contributed by atoms with Crippen molar-refractivity contribution < 1.29 is 23.8 Å². The lowest BCUT2D eigenvalue weighted by Crippen LogP contribution is -2.53. The van der Waals surface area contributed by atoms with Crippen LogP contribution in [0.5, 0.6) is 0 Å². The molecule has 0 saturated carbocycles. The first-order valence-corrected chi connectivity index (χ1v) is 6.73. The Labute approximate surface area is 119 Å². The van der Waals surface area contributed by atoms with Crippen LogP contribution >= 0.6 is 0 Å². The van der Waals surface area contributed by atoms with Gasteiger partial charge in [0.1, 0.15) is 6.54 Å². The van der Waals surface area contributed by atoms with E-state index in [2.05, 4.69) is 0 Å². The molecule has 0 aromatic rings. The number of esters is 1. The summed E-state index contributed by atoms with van der Waals surface area (Å²) in [6.45, 7) is 4.94. The van der Waals surface area contributed by atoms with Crippen molar-refractivity contribution in [3.63, 3.8) is 0 Å². The Morgan fingerprint density at radius 1 is 1.50 bits per heavy atom. The molecule has 1 fully saturated rings. The molecule has 7 heteroatoms. The zero-order chi connectivity index (χ0) is 15.2. The van der Waals surface area contributed by atoms with Gasteiger partial charge in [0.2, 0.25) is 5.91 Å². The highest BCUT2D eigenvalue weighted by Gasteiger charge is 2.46. The molecule has 116 valence electrons. The average molecular weight is 288 g/mol. The fourth-order valence-electron chi connectivity index (χ4n) is 2.09. The summed E-state index contributed by atoms with van der Waals surface area (Å²) in [4.78, 5) is 25.7. The van der Waals surface area contributed by atoms with Crippen molar-refractivity contribution in [2.24, 2.45) is 11.1 Å². The molecule has 1 rings (SSSR count). The topological polar surface area (TPSA) is 91.1 Å². The maximum absolute atomic E-state index is 12.6. The van der Waals surface area contributed by atoms with Crippen LogP contribution in [-0.4, -0.2) is 69.4 Å². The number of carbonyl (C=O) groups is 2. The summed E-state index contributed by atoms with van der Waals surface area (Å²) in [6, 6.07) is -0.373. The van der Waals surface area contributed by atoms with Crippen LogP contribution in [-0.2, 0) is 23.8 Å². The van der Waals surface area contributed by atoms with Crippen molar-refractivity contribution >= 4 is 11.9 Å². The minimum atomic E-state index is -0.805. The Balaban J connectivity index is 2.75. The Bertz CT molecular complexity index is 350. The third kappa shape index (κ3) is 3.91. The first kappa shape index (κ1) is 16.9. The summed E-state index contributed by atoms with van der Waals surface area (Å²) >= 11 is 0. The summed E-state index contributed by atoms with van der Waals surface area (Å²) in [5.41, 5.74) is 5.14. The molecule has 0 radical (unpaired) electrons. The summed E-state index contributed by atoms with van der Waals surface area (Å²) < 4.78 is 15.1. The monoisotopic (exact) mass is 288 g/mol. The van der Waals surface area contributed by atoms with Crippen LogP contribution in [0.1, 0.15) is 13.8 Å². The number of nitrogens with two attached hydrogens (primary N) is 1. The van der Waals surface area contributed by atoms with E-state index in [0.717, 1.165) is 0 Å². The highest BCUT2D eigenvalue weighted by atomic mass is 16.5. The molecule has 7 nitrogen and oxygen atoms in total. The molecule has 1 heterocycles. The quantitative estimate of drug-likeness (QED) is 0.628. The average Bonchev–Trinajstić information content (AvgIpc) is 2.75. The van der Waals surface area contributed by atoms with E-state index in [-0.39, 0.29) is 31.7 Å². The fraction of sp³-hybridized carbons (Fsp3) is 0.846. The molecule has 2 N–H and O–H groups in total. The van der Waals surface area contributed by atoms with Crippen LogP contribution < -0.4 is 5.73 Å². The summed E-state index contributed by atoms with van der Waals surface area (Å²) in [7, 11) is 1.54. The first-order valence-electron chi connectivity index (χ1n) is 6.73. The number of ether oxygens (including phenoxy) is 3. The zero-order valence-corrected chi connectivity index (χ0v) is 12.4. The van der Waals surface area contributed by atoms with Crippen molar-refractivity contribution in [1.29, 1.82) is 0 Å². The summed E-state index contributed by atoms with van der Waals surface area (Å²) in [5, 5.41) is 0. The van der Waals surface area contributed by atoms with E-state index in [4.69, 9.17) is 19.9 Å². The molecule has 20 heavy (non-hydrogen) atoms. The number of amides is 1. The normalized spacial score (nSPS) is 25.5. The standard InChI is InChI=1S/C13H24N2O5/c1-4-20-11(16)7-15(5-6-18-3)12(17)13(2)9-19-8-10(13)14/h10H,4-9,14H2,1-3H3. The van der Waals surface area contributed by atoms with Crippen LogP contribution in [0.4, 0.5) is 0 Å². The highest BCUT2D eigenvalue weighted by molar-refractivity contribution is 5.87. The Morgan fingerprint density at radius 2 is 2.20 bits per heavy atom. The Hall–Kier alpha value is -1.18. The number of rotatable bonds is 7. The van der Waals surface area contributed by atoms with Gasteiger partial charge in [0, 0.05) is 19.7 Å². The van der Waals surface area contributed by atoms with Crippen molar-refractivity contribution in [2.75, 3.05) is 46.6 Å². The predicted molar refractivity (Wildman–Crippen MR) is 72.0 cm³/mol. The lowest BCUT2D eigenvalue weighted by molar-refractivity contribution is -0.153. The van der Waals surface area contributed by atoms with Crippen LogP contribution in [0.25, 0.3) is 0 Å². The number of methoxy groups -OCH3 is 1. The van der Waals surface area contributed by atoms with E-state index < -0.39 is 11.4 Å². The van der Waals surface area contributed by atoms with Gasteiger partial charge >= 0.3 is 5.97 Å². The van der Waals surface area contributed by atoms with Crippen molar-refractivity contribution in [3.05, 3.63) is 0 Å². The number of nitrogens with zero attached hydrogens (tertiary/aromatic N) is 1. The Kier molecular flexibility index (Phi) is 6.38. The molecule has 0 spiro atoms. The largest absolute Gasteiger partial charge is 0.465 e. The van der Waals surface area contributed by atoms with Gasteiger partial charge in [-0.15, -0.1) is 0 Å². The third-order valence-corrected chi connectivity index (χ3v) is 3.48. The van der Waals surface area contributed by atoms with Gasteiger partial charge in [0.25, 0.3) is 0 Å². The second-order valence-electron chi connectivity index (χ2n) is 5.06. The number of hydrogen-bond acceptors (Lipinski definition) is 6. The van der Waals surface area contributed by atoms with Crippen molar-refractivity contribution in [3.8, 4) is 0 Å². The van der Waals surface area contributed by atoms with Gasteiger partial charge in [-0.2, -0.15) is 0 Å². The molecule has 2 atom stereocenters. The van der Waals surface area contributed by atoms with E-state index >= 15 is 0 Å². The van der Waals surface area contributed by atoms with E-state index in [1.807, 2.05) is 0 Å². The van der Waals surface area contributed by atoms with Crippen molar-refractivity contribution in [1.82, 2.24) is 4.90 Å². The highest BCUT2D eigenvalue weighted by Crippen LogP contribution is 2.29. The van der Waals surface area contributed by atoms with Gasteiger partial charge < -0.3 is 24.8 Å². The van der Waals surface area contributed by atoms with Gasteiger partial charge in [-0.3, -0.25) is 9.59 Å². The number of hydrogen-bond donors (Lipinski definition) is 1. The molecule has 1 saturated heterocycles. The fourth-order valence-corrected chi connectivity index (χ4v) is 2.09. The Morgan fingerprint density at radius 3 is 2.70 bits per heavy atom. The van der Waals surface area contributed by atoms with Gasteiger partial charge in [-0.25, -0.2) is 0 Å². The SMILES string of the molecule is CCOC(=O)CN(CCOC)C(=O)C1(C)COCC1N. The molecule has 0 bridgehead atoms. The maximum atomic E-state index is 12.6. The minimum Gasteiger partial charge on any atom is -0.465 e. The minimum absolute atomic E-state index is 0.0989. The van der Waals surface area contributed by atoms with E-state index in [9.17, 15) is 9.59 Å². The molecule has 0 aromatic carbocycles. The van der Waals surface area contributed by atoms with Crippen molar-refractivity contribution in [2.45, 2.75) is 19.9 Å². The number of carbonyl (C=O) groups excluding carboxylic acids is 2. The molecule has 0 aromatic heterocycles. The second-order valence-corrected chi connectivity index (χ2v) is 5.06. The second kappa shape index (κ2) is 7.56. The summed E-state index contributed by atoms with van der Waals surface area (Å²) in [6.07, 6.45) is 0. The first-order chi connectivity index (χ1) is 9.45. The molecule has 2 unspecified atom stereocenters. The van der Waals surface area contributed by atoms with Gasteiger partial charge in [0.05, 0.1) is 31.8 Å². The molecular weight excluding hydrogens is 264 g/mol. The molecule has 1 aliphatic rings. The van der Waals surface area contributed by atoms with E-state index in [1.165, 1.54) is 4.90 Å².